The Labute approximate surface area is 103 Å². The summed E-state index contributed by atoms with van der Waals surface area (Å²) in [4.78, 5) is 4.29. The van der Waals surface area contributed by atoms with Crippen LogP contribution in [0.3, 0.4) is 0 Å². The van der Waals surface area contributed by atoms with Crippen LogP contribution in [0.15, 0.2) is 22.6 Å². The fourth-order valence-corrected chi connectivity index (χ4v) is 2.18. The third kappa shape index (κ3) is 3.12. The molecule has 1 aromatic heterocycles. The Balaban J connectivity index is 1.99. The predicted molar refractivity (Wildman–Crippen MR) is 67.7 cm³/mol. The zero-order valence-corrected chi connectivity index (χ0v) is 9.98. The van der Waals surface area contributed by atoms with E-state index in [4.69, 9.17) is 15.3 Å². The highest BCUT2D eigenvalue weighted by Crippen LogP contribution is 2.21. The molecule has 1 atom stereocenters. The Hall–Kier alpha value is -1.24. The van der Waals surface area contributed by atoms with E-state index in [1.54, 1.807) is 12.1 Å². The van der Waals surface area contributed by atoms with Crippen molar-refractivity contribution in [1.82, 2.24) is 4.98 Å². The van der Waals surface area contributed by atoms with Crippen molar-refractivity contribution in [1.29, 1.82) is 0 Å². The van der Waals surface area contributed by atoms with Gasteiger partial charge in [-0.25, -0.2) is 4.98 Å². The van der Waals surface area contributed by atoms with Gasteiger partial charge in [-0.1, -0.05) is 0 Å². The van der Waals surface area contributed by atoms with Crippen LogP contribution in [-0.4, -0.2) is 33.7 Å². The van der Waals surface area contributed by atoms with Gasteiger partial charge in [0, 0.05) is 17.5 Å². The number of nitrogens with two attached hydrogens (primary N) is 1. The fraction of sp³-hybridized carbons (Fsp3) is 0.364. The van der Waals surface area contributed by atoms with Crippen molar-refractivity contribution in [2.45, 2.75) is 11.9 Å². The molecule has 4 N–H and O–H groups in total. The molecule has 1 aromatic carbocycles. The largest absolute Gasteiger partial charge is 0.440 e. The molecule has 1 unspecified atom stereocenters. The molecule has 5 nitrogen and oxygen atoms in total. The number of anilines is 1. The lowest BCUT2D eigenvalue weighted by Gasteiger charge is -2.03. The quantitative estimate of drug-likeness (QED) is 0.689. The number of rotatable bonds is 5. The van der Waals surface area contributed by atoms with Crippen LogP contribution >= 0.6 is 11.8 Å². The van der Waals surface area contributed by atoms with E-state index in [2.05, 4.69) is 4.98 Å². The summed E-state index contributed by atoms with van der Waals surface area (Å²) in [6.07, 6.45) is -0.694. The van der Waals surface area contributed by atoms with Crippen LogP contribution < -0.4 is 5.73 Å². The average molecular weight is 254 g/mol. The van der Waals surface area contributed by atoms with Gasteiger partial charge in [0.15, 0.2) is 5.58 Å². The number of aromatic nitrogens is 1. The Morgan fingerprint density at radius 1 is 1.47 bits per heavy atom. The highest BCUT2D eigenvalue weighted by Gasteiger charge is 2.07. The zero-order valence-electron chi connectivity index (χ0n) is 9.17. The van der Waals surface area contributed by atoms with Crippen LogP contribution in [0.2, 0.25) is 0 Å². The number of fused-ring (bicyclic) bond motifs is 1. The van der Waals surface area contributed by atoms with Gasteiger partial charge in [-0.15, -0.1) is 11.8 Å². The third-order valence-electron chi connectivity index (χ3n) is 2.20. The average Bonchev–Trinajstić information content (AvgIpc) is 2.70. The first-order valence-electron chi connectivity index (χ1n) is 5.20. The Kier molecular flexibility index (Phi) is 3.88. The van der Waals surface area contributed by atoms with E-state index >= 15 is 0 Å². The summed E-state index contributed by atoms with van der Waals surface area (Å²) in [5.74, 6) is 1.61. The molecule has 2 aromatic rings. The lowest BCUT2D eigenvalue weighted by atomic mass is 10.3. The monoisotopic (exact) mass is 254 g/mol. The molecule has 1 heterocycles. The van der Waals surface area contributed by atoms with Crippen LogP contribution in [0.25, 0.3) is 11.1 Å². The maximum absolute atomic E-state index is 9.17. The number of aliphatic hydroxyl groups is 2. The normalized spacial score (nSPS) is 13.1. The maximum atomic E-state index is 9.17. The first kappa shape index (κ1) is 12.2. The van der Waals surface area contributed by atoms with E-state index in [1.165, 1.54) is 11.8 Å². The molecule has 0 bridgehead atoms. The summed E-state index contributed by atoms with van der Waals surface area (Å²) in [6.45, 7) is -0.225. The number of hydrogen-bond acceptors (Lipinski definition) is 6. The van der Waals surface area contributed by atoms with E-state index < -0.39 is 6.10 Å². The van der Waals surface area contributed by atoms with Gasteiger partial charge in [-0.2, -0.15) is 0 Å². The van der Waals surface area contributed by atoms with Crippen molar-refractivity contribution in [3.63, 3.8) is 0 Å². The number of nitrogen functional groups attached to an aromatic ring is 1. The predicted octanol–water partition coefficient (Wildman–Crippen LogP) is 0.996. The van der Waals surface area contributed by atoms with Gasteiger partial charge < -0.3 is 20.4 Å². The van der Waals surface area contributed by atoms with Crippen LogP contribution in [-0.2, 0) is 5.75 Å². The SMILES string of the molecule is Nc1ccc2nc(CSCC(O)CO)oc2c1. The molecule has 0 aliphatic rings. The van der Waals surface area contributed by atoms with Crippen LogP contribution in [0.4, 0.5) is 5.69 Å². The smallest absolute Gasteiger partial charge is 0.205 e. The second-order valence-electron chi connectivity index (χ2n) is 3.69. The zero-order chi connectivity index (χ0) is 12.3. The number of nitrogens with zero attached hydrogens (tertiary/aromatic N) is 1. The number of oxazole rings is 1. The van der Waals surface area contributed by atoms with Crippen molar-refractivity contribution >= 4 is 28.5 Å². The number of thioether (sulfide) groups is 1. The number of hydrogen-bond donors (Lipinski definition) is 3. The molecule has 0 aliphatic heterocycles. The van der Waals surface area contributed by atoms with Gasteiger partial charge in [0.05, 0.1) is 18.5 Å². The molecular formula is C11H14N2O3S. The molecule has 92 valence electrons. The van der Waals surface area contributed by atoms with E-state index in [0.717, 1.165) is 5.52 Å². The number of aliphatic hydroxyl groups excluding tert-OH is 2. The van der Waals surface area contributed by atoms with Gasteiger partial charge in [-0.05, 0) is 12.1 Å². The molecule has 0 aliphatic carbocycles. The minimum atomic E-state index is -0.694. The van der Waals surface area contributed by atoms with Gasteiger partial charge >= 0.3 is 0 Å². The molecule has 0 spiro atoms. The summed E-state index contributed by atoms with van der Waals surface area (Å²) in [5, 5.41) is 17.8. The summed E-state index contributed by atoms with van der Waals surface area (Å²) in [5.41, 5.74) is 7.72. The lowest BCUT2D eigenvalue weighted by molar-refractivity contribution is 0.113. The van der Waals surface area contributed by atoms with Crippen molar-refractivity contribution in [3.05, 3.63) is 24.1 Å². The first-order chi connectivity index (χ1) is 8.19. The molecule has 0 saturated carbocycles. The van der Waals surface area contributed by atoms with Gasteiger partial charge in [0.2, 0.25) is 5.89 Å². The summed E-state index contributed by atoms with van der Waals surface area (Å²) in [6, 6.07) is 5.32. The minimum Gasteiger partial charge on any atom is -0.440 e. The van der Waals surface area contributed by atoms with Gasteiger partial charge in [0.1, 0.15) is 5.52 Å². The second-order valence-corrected chi connectivity index (χ2v) is 4.72. The molecule has 6 heteroatoms. The molecule has 0 radical (unpaired) electrons. The Morgan fingerprint density at radius 3 is 3.06 bits per heavy atom. The van der Waals surface area contributed by atoms with E-state index in [0.29, 0.717) is 28.7 Å². The van der Waals surface area contributed by atoms with Gasteiger partial charge in [0.25, 0.3) is 0 Å². The van der Waals surface area contributed by atoms with E-state index in [9.17, 15) is 5.11 Å². The highest BCUT2D eigenvalue weighted by molar-refractivity contribution is 7.98. The van der Waals surface area contributed by atoms with Crippen LogP contribution in [0.5, 0.6) is 0 Å². The Bertz CT molecular complexity index is 500. The van der Waals surface area contributed by atoms with Crippen molar-refractivity contribution in [2.75, 3.05) is 18.1 Å². The van der Waals surface area contributed by atoms with Crippen LogP contribution in [0, 0.1) is 0 Å². The molecule has 0 amide bonds. The summed E-state index contributed by atoms with van der Waals surface area (Å²) < 4.78 is 5.51. The molecule has 0 fully saturated rings. The molecule has 2 rings (SSSR count). The lowest BCUT2D eigenvalue weighted by Crippen LogP contribution is -2.14. The van der Waals surface area contributed by atoms with E-state index in [-0.39, 0.29) is 6.61 Å². The maximum Gasteiger partial charge on any atom is 0.205 e. The van der Waals surface area contributed by atoms with E-state index in [1.807, 2.05) is 6.07 Å². The minimum absolute atomic E-state index is 0.225. The first-order valence-corrected chi connectivity index (χ1v) is 6.36. The van der Waals surface area contributed by atoms with Crippen molar-refractivity contribution < 1.29 is 14.6 Å². The number of benzene rings is 1. The fourth-order valence-electron chi connectivity index (χ4n) is 1.39. The Morgan fingerprint density at radius 2 is 2.29 bits per heavy atom. The summed E-state index contributed by atoms with van der Waals surface area (Å²) in [7, 11) is 0. The second kappa shape index (κ2) is 5.39. The van der Waals surface area contributed by atoms with Gasteiger partial charge in [-0.3, -0.25) is 0 Å². The molecule has 0 saturated heterocycles. The molecule has 17 heavy (non-hydrogen) atoms. The van der Waals surface area contributed by atoms with Crippen molar-refractivity contribution in [3.8, 4) is 0 Å². The standard InChI is InChI=1S/C11H14N2O3S/c12-7-1-2-9-10(3-7)16-11(13-9)6-17-5-8(15)4-14/h1-3,8,14-15H,4-6,12H2. The van der Waals surface area contributed by atoms with Crippen molar-refractivity contribution in [2.24, 2.45) is 0 Å². The summed E-state index contributed by atoms with van der Waals surface area (Å²) >= 11 is 1.46. The van der Waals surface area contributed by atoms with Crippen LogP contribution in [0.1, 0.15) is 5.89 Å². The highest BCUT2D eigenvalue weighted by atomic mass is 32.2. The molecular weight excluding hydrogens is 240 g/mol. The third-order valence-corrected chi connectivity index (χ3v) is 3.27. The topological polar surface area (TPSA) is 92.5 Å².